The van der Waals surface area contributed by atoms with E-state index in [-0.39, 0.29) is 0 Å². The van der Waals surface area contributed by atoms with Crippen molar-refractivity contribution in [1.82, 2.24) is 5.32 Å². The number of halogens is 8. The average molecular weight is 357 g/mol. The summed E-state index contributed by atoms with van der Waals surface area (Å²) < 4.78 is 105. The molecule has 136 valence electrons. The molecular weight excluding hydrogens is 342 g/mol. The predicted molar refractivity (Wildman–Crippen MR) is 62.2 cm³/mol. The smallest absolute Gasteiger partial charge is 0.407 e. The molecule has 0 heterocycles. The lowest BCUT2D eigenvalue weighted by atomic mass is 9.96. The number of hydrogen-bond donors (Lipinski definition) is 1. The molecule has 1 aliphatic carbocycles. The molecule has 0 aromatic rings. The van der Waals surface area contributed by atoms with Gasteiger partial charge in [0.15, 0.2) is 6.61 Å². The largest absolute Gasteiger partial charge is 0.443 e. The minimum Gasteiger partial charge on any atom is -0.443 e. The molecule has 3 nitrogen and oxygen atoms in total. The number of carbonyl (C=O) groups is 1. The van der Waals surface area contributed by atoms with Crippen LogP contribution in [0.1, 0.15) is 32.1 Å². The zero-order valence-electron chi connectivity index (χ0n) is 11.7. The maximum Gasteiger partial charge on any atom is 0.407 e. The van der Waals surface area contributed by atoms with Crippen molar-refractivity contribution < 1.29 is 44.7 Å². The van der Waals surface area contributed by atoms with Crippen molar-refractivity contribution in [2.75, 3.05) is 6.61 Å². The molecule has 1 rings (SSSR count). The monoisotopic (exact) mass is 357 g/mol. The Morgan fingerprint density at radius 3 is 2.04 bits per heavy atom. The second-order valence-electron chi connectivity index (χ2n) is 5.26. The van der Waals surface area contributed by atoms with E-state index in [4.69, 9.17) is 0 Å². The Bertz CT molecular complexity index is 410. The third-order valence-electron chi connectivity index (χ3n) is 3.46. The van der Waals surface area contributed by atoms with Crippen molar-refractivity contribution in [1.29, 1.82) is 0 Å². The third-order valence-corrected chi connectivity index (χ3v) is 3.46. The maximum atomic E-state index is 13.1. The summed E-state index contributed by atoms with van der Waals surface area (Å²) in [5.74, 6) is -18.3. The Labute approximate surface area is 126 Å². The highest BCUT2D eigenvalue weighted by molar-refractivity contribution is 5.67. The molecule has 0 saturated heterocycles. The third kappa shape index (κ3) is 4.37. The van der Waals surface area contributed by atoms with Crippen LogP contribution in [0.5, 0.6) is 0 Å². The summed E-state index contributed by atoms with van der Waals surface area (Å²) in [6.07, 6.45) is -2.98. The Kier molecular flexibility index (Phi) is 6.08. The molecule has 11 heteroatoms. The van der Waals surface area contributed by atoms with Gasteiger partial charge in [0, 0.05) is 6.04 Å². The Hall–Kier alpha value is -1.29. The molecule has 23 heavy (non-hydrogen) atoms. The summed E-state index contributed by atoms with van der Waals surface area (Å²) in [5, 5.41) is 2.13. The topological polar surface area (TPSA) is 38.3 Å². The van der Waals surface area contributed by atoms with Crippen LogP contribution in [0.15, 0.2) is 0 Å². The number of alkyl halides is 8. The second kappa shape index (κ2) is 7.08. The van der Waals surface area contributed by atoms with Gasteiger partial charge in [-0.2, -0.15) is 26.3 Å². The first-order chi connectivity index (χ1) is 10.4. The van der Waals surface area contributed by atoms with Crippen molar-refractivity contribution in [3.05, 3.63) is 0 Å². The summed E-state index contributed by atoms with van der Waals surface area (Å²) >= 11 is 0. The second-order valence-corrected chi connectivity index (χ2v) is 5.26. The van der Waals surface area contributed by atoms with Crippen molar-refractivity contribution in [3.63, 3.8) is 0 Å². The van der Waals surface area contributed by atoms with E-state index >= 15 is 0 Å². The molecule has 1 N–H and O–H groups in total. The molecule has 0 spiro atoms. The highest BCUT2D eigenvalue weighted by Crippen LogP contribution is 2.48. The molecule has 1 saturated carbocycles. The van der Waals surface area contributed by atoms with Gasteiger partial charge in [0.2, 0.25) is 0 Å². The zero-order chi connectivity index (χ0) is 17.9. The first-order valence-electron chi connectivity index (χ1n) is 6.76. The van der Waals surface area contributed by atoms with E-state index in [0.29, 0.717) is 12.8 Å². The van der Waals surface area contributed by atoms with Crippen LogP contribution in [0, 0.1) is 0 Å². The van der Waals surface area contributed by atoms with Crippen molar-refractivity contribution in [3.8, 4) is 0 Å². The van der Waals surface area contributed by atoms with E-state index in [1.807, 2.05) is 0 Å². The maximum absolute atomic E-state index is 13.1. The normalized spacial score (nSPS) is 18.1. The van der Waals surface area contributed by atoms with E-state index in [1.165, 1.54) is 0 Å². The number of rotatable bonds is 6. The van der Waals surface area contributed by atoms with E-state index < -0.39 is 42.9 Å². The molecule has 0 aromatic heterocycles. The van der Waals surface area contributed by atoms with Crippen LogP contribution in [0.4, 0.5) is 39.9 Å². The number of amides is 1. The first-order valence-corrected chi connectivity index (χ1v) is 6.76. The number of ether oxygens (including phenoxy) is 1. The lowest BCUT2D eigenvalue weighted by molar-refractivity contribution is -0.343. The highest BCUT2D eigenvalue weighted by atomic mass is 19.4. The van der Waals surface area contributed by atoms with E-state index in [9.17, 15) is 39.9 Å². The molecule has 0 bridgehead atoms. The molecule has 1 fully saturated rings. The number of alkyl carbamates (subject to hydrolysis) is 1. The van der Waals surface area contributed by atoms with Gasteiger partial charge in [0.1, 0.15) is 0 Å². The van der Waals surface area contributed by atoms with Crippen molar-refractivity contribution >= 4 is 6.09 Å². The summed E-state index contributed by atoms with van der Waals surface area (Å²) in [6, 6.07) is -0.395. The fourth-order valence-electron chi connectivity index (χ4n) is 2.08. The Morgan fingerprint density at radius 1 is 1.04 bits per heavy atom. The van der Waals surface area contributed by atoms with Gasteiger partial charge in [-0.05, 0) is 12.8 Å². The van der Waals surface area contributed by atoms with Crippen LogP contribution >= 0.6 is 0 Å². The summed E-state index contributed by atoms with van der Waals surface area (Å²) in [4.78, 5) is 11.2. The molecule has 0 aliphatic heterocycles. The summed E-state index contributed by atoms with van der Waals surface area (Å²) in [5.41, 5.74) is 0. The molecule has 0 atom stereocenters. The molecule has 0 aromatic carbocycles. The Balaban J connectivity index is 2.61. The van der Waals surface area contributed by atoms with Gasteiger partial charge in [-0.3, -0.25) is 0 Å². The molecule has 0 unspecified atom stereocenters. The average Bonchev–Trinajstić information content (AvgIpc) is 2.45. The SMILES string of the molecule is O=C(NC1CCCCC1)OCC(F)(F)C(F)(F)C(F)(F)C(F)F. The van der Waals surface area contributed by atoms with Gasteiger partial charge in [-0.25, -0.2) is 13.6 Å². The lowest BCUT2D eigenvalue weighted by Gasteiger charge is -2.32. The quantitative estimate of drug-likeness (QED) is 0.723. The highest BCUT2D eigenvalue weighted by Gasteiger charge is 2.75. The minimum absolute atomic E-state index is 0.395. The van der Waals surface area contributed by atoms with Gasteiger partial charge in [-0.15, -0.1) is 0 Å². The summed E-state index contributed by atoms with van der Waals surface area (Å²) in [7, 11) is 0. The number of hydrogen-bond acceptors (Lipinski definition) is 2. The van der Waals surface area contributed by atoms with Gasteiger partial charge in [0.25, 0.3) is 0 Å². The Morgan fingerprint density at radius 2 is 1.57 bits per heavy atom. The molecule has 1 amide bonds. The minimum atomic E-state index is -6.38. The zero-order valence-corrected chi connectivity index (χ0v) is 11.7. The number of nitrogens with one attached hydrogen (secondary N) is 1. The summed E-state index contributed by atoms with van der Waals surface area (Å²) in [6.45, 7) is -2.44. The molecule has 1 aliphatic rings. The van der Waals surface area contributed by atoms with Gasteiger partial charge in [-0.1, -0.05) is 19.3 Å². The predicted octanol–water partition coefficient (Wildman–Crippen LogP) is 4.22. The number of carbonyl (C=O) groups excluding carboxylic acids is 1. The van der Waals surface area contributed by atoms with E-state index in [1.54, 1.807) is 0 Å². The van der Waals surface area contributed by atoms with Gasteiger partial charge in [0.05, 0.1) is 0 Å². The van der Waals surface area contributed by atoms with Crippen LogP contribution in [-0.4, -0.2) is 42.9 Å². The van der Waals surface area contributed by atoms with Crippen LogP contribution in [0.25, 0.3) is 0 Å². The first kappa shape index (κ1) is 19.8. The van der Waals surface area contributed by atoms with Crippen LogP contribution in [0.3, 0.4) is 0 Å². The van der Waals surface area contributed by atoms with Crippen LogP contribution < -0.4 is 5.32 Å². The van der Waals surface area contributed by atoms with Crippen LogP contribution in [0.2, 0.25) is 0 Å². The fraction of sp³-hybridized carbons (Fsp3) is 0.917. The van der Waals surface area contributed by atoms with E-state index in [2.05, 4.69) is 10.1 Å². The van der Waals surface area contributed by atoms with Crippen molar-refractivity contribution in [2.45, 2.75) is 62.3 Å². The van der Waals surface area contributed by atoms with Crippen LogP contribution in [-0.2, 0) is 4.74 Å². The molecule has 0 radical (unpaired) electrons. The van der Waals surface area contributed by atoms with Gasteiger partial charge < -0.3 is 10.1 Å². The molecular formula is C12H15F8NO2. The van der Waals surface area contributed by atoms with Crippen molar-refractivity contribution in [2.24, 2.45) is 0 Å². The lowest BCUT2D eigenvalue weighted by Crippen LogP contribution is -2.59. The fourth-order valence-corrected chi connectivity index (χ4v) is 2.08. The standard InChI is InChI=1S/C12H15F8NO2/c13-8(14)11(17,18)12(19,20)10(15,16)6-23-9(22)21-7-4-2-1-3-5-7/h7-8H,1-6H2,(H,21,22). The van der Waals surface area contributed by atoms with Gasteiger partial charge >= 0.3 is 30.3 Å². The van der Waals surface area contributed by atoms with E-state index in [0.717, 1.165) is 19.3 Å².